The Kier molecular flexibility index (Phi) is 10.4. The standard InChI is InChI=1S/C36H46ClN5O9S/c1-5-21-14-20(2)8-6-7-9-22-17-36(22,33(45)41-52(48,49)35(3)12-13-35)40-30(43)27-16-24(19-42(27)32(44)29(21)39-34(46)47)51-31-26-15-23(37)10-11-25(26)28(50-4)18-38-31/h7,9-11,15,18,20-22,24,27,29,39H,5-6,8,12-14,16-17,19H2,1-4H3,(H,40,43)(H,41,45)(H,46,47)/b9-7-/t20-,21-,22?,24-,27+,29+,36?/m1/s1. The number of fused-ring (bicyclic) bond motifs is 3. The third kappa shape index (κ3) is 7.39. The summed E-state index contributed by atoms with van der Waals surface area (Å²) in [6, 6.07) is 2.80. The molecule has 282 valence electrons. The van der Waals surface area contributed by atoms with E-state index in [1.807, 2.05) is 26.0 Å². The number of allylic oxidation sites excluding steroid dienone is 1. The first-order valence-corrected chi connectivity index (χ1v) is 19.6. The molecular weight excluding hydrogens is 714 g/mol. The maximum absolute atomic E-state index is 14.5. The average molecular weight is 760 g/mol. The summed E-state index contributed by atoms with van der Waals surface area (Å²) in [4.78, 5) is 60.5. The molecular formula is C36H46ClN5O9S. The van der Waals surface area contributed by atoms with E-state index in [1.54, 1.807) is 25.1 Å². The summed E-state index contributed by atoms with van der Waals surface area (Å²) >= 11 is 6.33. The summed E-state index contributed by atoms with van der Waals surface area (Å²) in [6.07, 6.45) is 6.57. The second kappa shape index (κ2) is 14.4. The molecule has 4 amide bonds. The third-order valence-corrected chi connectivity index (χ3v) is 13.6. The van der Waals surface area contributed by atoms with Gasteiger partial charge in [0.05, 0.1) is 24.6 Å². The predicted molar refractivity (Wildman–Crippen MR) is 192 cm³/mol. The number of hydrogen-bond donors (Lipinski definition) is 4. The molecule has 4 aliphatic rings. The largest absolute Gasteiger partial charge is 0.494 e. The van der Waals surface area contributed by atoms with Crippen LogP contribution in [0.2, 0.25) is 5.02 Å². The number of carboxylic acid groups (broad SMARTS) is 1. The van der Waals surface area contributed by atoms with E-state index in [0.29, 0.717) is 53.6 Å². The summed E-state index contributed by atoms with van der Waals surface area (Å²) in [7, 11) is -2.50. The first-order chi connectivity index (χ1) is 24.6. The van der Waals surface area contributed by atoms with E-state index in [-0.39, 0.29) is 37.1 Å². The van der Waals surface area contributed by atoms with E-state index >= 15 is 0 Å². The highest BCUT2D eigenvalue weighted by atomic mass is 35.5. The Morgan fingerprint density at radius 3 is 2.62 bits per heavy atom. The monoisotopic (exact) mass is 759 g/mol. The van der Waals surface area contributed by atoms with Crippen LogP contribution in [0, 0.1) is 17.8 Å². The van der Waals surface area contributed by atoms with Gasteiger partial charge < -0.3 is 30.1 Å². The number of hydrogen-bond acceptors (Lipinski definition) is 9. The van der Waals surface area contributed by atoms with Gasteiger partial charge in [-0.3, -0.25) is 19.1 Å². The number of aromatic nitrogens is 1. The zero-order valence-electron chi connectivity index (χ0n) is 29.7. The molecule has 0 radical (unpaired) electrons. The molecule has 3 heterocycles. The lowest BCUT2D eigenvalue weighted by Gasteiger charge is -2.33. The van der Waals surface area contributed by atoms with Crippen LogP contribution in [0.3, 0.4) is 0 Å². The van der Waals surface area contributed by atoms with Gasteiger partial charge in [-0.2, -0.15) is 0 Å². The van der Waals surface area contributed by atoms with Crippen LogP contribution in [0.25, 0.3) is 10.8 Å². The molecule has 1 aromatic heterocycles. The number of nitrogens with one attached hydrogen (secondary N) is 3. The average Bonchev–Trinajstić information content (AvgIpc) is 3.97. The lowest BCUT2D eigenvalue weighted by Crippen LogP contribution is -2.59. The molecule has 0 spiro atoms. The smallest absolute Gasteiger partial charge is 0.405 e. The van der Waals surface area contributed by atoms with Crippen molar-refractivity contribution in [2.45, 2.75) is 101 Å². The normalized spacial score (nSPS) is 30.8. The van der Waals surface area contributed by atoms with Crippen LogP contribution < -0.4 is 24.8 Å². The number of carbonyl (C=O) groups excluding carboxylic acids is 3. The SMILES string of the molecule is CC[C@@H]1C[C@H](C)CC/C=C\C2CC2(C(=O)NS(=O)(=O)C2(C)CC2)NC(=O)[C@@H]2C[C@@H](Oc3ncc(OC)c4ccc(Cl)cc34)CN2C(=O)[C@H]1NC(=O)O. The molecule has 2 unspecified atom stereocenters. The maximum atomic E-state index is 14.5. The van der Waals surface area contributed by atoms with Crippen molar-refractivity contribution in [1.29, 1.82) is 0 Å². The van der Waals surface area contributed by atoms with Crippen LogP contribution in [0.15, 0.2) is 36.5 Å². The van der Waals surface area contributed by atoms with E-state index in [1.165, 1.54) is 18.2 Å². The number of sulfonamides is 1. The minimum atomic E-state index is -4.01. The van der Waals surface area contributed by atoms with Crippen LogP contribution in [-0.4, -0.2) is 89.4 Å². The number of carbonyl (C=O) groups is 4. The van der Waals surface area contributed by atoms with Crippen LogP contribution in [0.5, 0.6) is 11.6 Å². The van der Waals surface area contributed by atoms with E-state index < -0.39 is 68.2 Å². The molecule has 52 heavy (non-hydrogen) atoms. The highest BCUT2D eigenvalue weighted by molar-refractivity contribution is 7.91. The lowest BCUT2D eigenvalue weighted by atomic mass is 9.85. The summed E-state index contributed by atoms with van der Waals surface area (Å²) in [6.45, 7) is 5.42. The van der Waals surface area contributed by atoms with Crippen LogP contribution >= 0.6 is 11.6 Å². The molecule has 14 nitrogen and oxygen atoms in total. The zero-order chi connectivity index (χ0) is 37.6. The molecule has 7 atom stereocenters. The molecule has 1 aromatic carbocycles. The quantitative estimate of drug-likeness (QED) is 0.284. The van der Waals surface area contributed by atoms with Gasteiger partial charge in [-0.15, -0.1) is 0 Å². The fraction of sp³-hybridized carbons (Fsp3) is 0.583. The summed E-state index contributed by atoms with van der Waals surface area (Å²) < 4.78 is 39.3. The van der Waals surface area contributed by atoms with Gasteiger partial charge in [-0.05, 0) is 75.5 Å². The fourth-order valence-electron chi connectivity index (χ4n) is 7.53. The van der Waals surface area contributed by atoms with E-state index in [2.05, 4.69) is 20.3 Å². The van der Waals surface area contributed by atoms with Crippen molar-refractivity contribution in [3.63, 3.8) is 0 Å². The van der Waals surface area contributed by atoms with Gasteiger partial charge in [0, 0.05) is 28.1 Å². The van der Waals surface area contributed by atoms with Crippen molar-refractivity contribution in [2.24, 2.45) is 17.8 Å². The van der Waals surface area contributed by atoms with E-state index in [9.17, 15) is 32.7 Å². The second-order valence-corrected chi connectivity index (χ2v) is 17.5. The highest BCUT2D eigenvalue weighted by Crippen LogP contribution is 2.48. The maximum Gasteiger partial charge on any atom is 0.405 e. The first kappa shape index (κ1) is 37.6. The number of methoxy groups -OCH3 is 1. The molecule has 4 N–H and O–H groups in total. The predicted octanol–water partition coefficient (Wildman–Crippen LogP) is 4.16. The Labute approximate surface area is 308 Å². The summed E-state index contributed by atoms with van der Waals surface area (Å²) in [5.41, 5.74) is -1.56. The Balaban J connectivity index is 1.36. The molecule has 3 fully saturated rings. The number of rotatable bonds is 8. The topological polar surface area (TPSA) is 193 Å². The minimum Gasteiger partial charge on any atom is -0.494 e. The van der Waals surface area contributed by atoms with Crippen molar-refractivity contribution in [3.05, 3.63) is 41.6 Å². The number of benzene rings is 1. The molecule has 0 bridgehead atoms. The molecule has 2 aliphatic carbocycles. The molecule has 16 heteroatoms. The fourth-order valence-corrected chi connectivity index (χ4v) is 9.01. The van der Waals surface area contributed by atoms with E-state index in [4.69, 9.17) is 21.1 Å². The van der Waals surface area contributed by atoms with Gasteiger partial charge in [-0.1, -0.05) is 44.0 Å². The Morgan fingerprint density at radius 1 is 1.19 bits per heavy atom. The molecule has 2 aromatic rings. The van der Waals surface area contributed by atoms with Gasteiger partial charge in [0.2, 0.25) is 27.7 Å². The third-order valence-electron chi connectivity index (χ3n) is 11.2. The molecule has 2 saturated carbocycles. The number of ether oxygens (including phenoxy) is 2. The number of halogens is 1. The number of nitrogens with zero attached hydrogens (tertiary/aromatic N) is 2. The zero-order valence-corrected chi connectivity index (χ0v) is 31.3. The number of amides is 4. The number of pyridine rings is 1. The van der Waals surface area contributed by atoms with Gasteiger partial charge in [0.1, 0.15) is 29.5 Å². The molecule has 1 saturated heterocycles. The van der Waals surface area contributed by atoms with Crippen LogP contribution in [0.4, 0.5) is 4.79 Å². The van der Waals surface area contributed by atoms with Crippen molar-refractivity contribution in [2.75, 3.05) is 13.7 Å². The molecule has 6 rings (SSSR count). The summed E-state index contributed by atoms with van der Waals surface area (Å²) in [5, 5.41) is 16.8. The summed E-state index contributed by atoms with van der Waals surface area (Å²) in [5.74, 6) is -2.13. The molecule has 2 aliphatic heterocycles. The van der Waals surface area contributed by atoms with Crippen molar-refractivity contribution in [3.8, 4) is 11.6 Å². The van der Waals surface area contributed by atoms with Crippen LogP contribution in [-0.2, 0) is 24.4 Å². The lowest BCUT2D eigenvalue weighted by molar-refractivity contribution is -0.142. The Hall–Kier alpha value is -4.11. The van der Waals surface area contributed by atoms with Gasteiger partial charge in [0.15, 0.2) is 0 Å². The Bertz CT molecular complexity index is 1900. The van der Waals surface area contributed by atoms with Gasteiger partial charge >= 0.3 is 6.09 Å². The van der Waals surface area contributed by atoms with Crippen molar-refractivity contribution < 1.29 is 42.2 Å². The minimum absolute atomic E-state index is 0.0189. The second-order valence-electron chi connectivity index (χ2n) is 14.9. The van der Waals surface area contributed by atoms with E-state index in [0.717, 1.165) is 6.42 Å². The van der Waals surface area contributed by atoms with Crippen LogP contribution in [0.1, 0.15) is 72.1 Å². The van der Waals surface area contributed by atoms with Crippen molar-refractivity contribution in [1.82, 2.24) is 25.2 Å². The van der Waals surface area contributed by atoms with Crippen molar-refractivity contribution >= 4 is 56.2 Å². The highest BCUT2D eigenvalue weighted by Gasteiger charge is 2.63. The van der Waals surface area contributed by atoms with Gasteiger partial charge in [0.25, 0.3) is 5.91 Å². The van der Waals surface area contributed by atoms with Gasteiger partial charge in [-0.25, -0.2) is 18.2 Å². The first-order valence-electron chi connectivity index (χ1n) is 17.8. The Morgan fingerprint density at radius 2 is 1.94 bits per heavy atom.